The SMILES string of the molecule is NCC(O)Nc1ccccc1. The van der Waals surface area contributed by atoms with Gasteiger partial charge in [-0.1, -0.05) is 18.2 Å². The fraction of sp³-hybridized carbons (Fsp3) is 0.250. The van der Waals surface area contributed by atoms with Crippen molar-refractivity contribution in [3.63, 3.8) is 0 Å². The van der Waals surface area contributed by atoms with Crippen LogP contribution < -0.4 is 11.1 Å². The van der Waals surface area contributed by atoms with Gasteiger partial charge in [-0.15, -0.1) is 0 Å². The first-order valence-corrected chi connectivity index (χ1v) is 3.52. The Hall–Kier alpha value is -1.06. The third-order valence-electron chi connectivity index (χ3n) is 1.33. The molecule has 0 amide bonds. The van der Waals surface area contributed by atoms with Gasteiger partial charge >= 0.3 is 0 Å². The molecule has 0 bridgehead atoms. The molecule has 1 aromatic rings. The molecule has 0 saturated carbocycles. The van der Waals surface area contributed by atoms with Crippen molar-refractivity contribution in [1.82, 2.24) is 0 Å². The summed E-state index contributed by atoms with van der Waals surface area (Å²) in [6, 6.07) is 9.45. The molecule has 0 radical (unpaired) electrons. The van der Waals surface area contributed by atoms with Gasteiger partial charge in [0, 0.05) is 12.2 Å². The fourth-order valence-electron chi connectivity index (χ4n) is 0.786. The van der Waals surface area contributed by atoms with Crippen molar-refractivity contribution in [2.75, 3.05) is 11.9 Å². The number of anilines is 1. The zero-order valence-electron chi connectivity index (χ0n) is 6.20. The molecule has 0 heterocycles. The molecule has 0 saturated heterocycles. The summed E-state index contributed by atoms with van der Waals surface area (Å²) in [5.41, 5.74) is 6.09. The summed E-state index contributed by atoms with van der Waals surface area (Å²) in [6.07, 6.45) is -0.655. The lowest BCUT2D eigenvalue weighted by molar-refractivity contribution is 0.212. The van der Waals surface area contributed by atoms with E-state index < -0.39 is 6.23 Å². The van der Waals surface area contributed by atoms with Crippen LogP contribution in [0.25, 0.3) is 0 Å². The maximum absolute atomic E-state index is 9.08. The highest BCUT2D eigenvalue weighted by molar-refractivity contribution is 5.42. The fourth-order valence-corrected chi connectivity index (χ4v) is 0.786. The van der Waals surface area contributed by atoms with Crippen molar-refractivity contribution in [1.29, 1.82) is 0 Å². The van der Waals surface area contributed by atoms with Crippen LogP contribution in [0.5, 0.6) is 0 Å². The summed E-state index contributed by atoms with van der Waals surface area (Å²) in [5.74, 6) is 0. The van der Waals surface area contributed by atoms with E-state index in [1.807, 2.05) is 30.3 Å². The first-order chi connectivity index (χ1) is 5.33. The Balaban J connectivity index is 2.51. The van der Waals surface area contributed by atoms with E-state index in [1.54, 1.807) is 0 Å². The number of nitrogens with two attached hydrogens (primary N) is 1. The third-order valence-corrected chi connectivity index (χ3v) is 1.33. The summed E-state index contributed by atoms with van der Waals surface area (Å²) in [5, 5.41) is 11.9. The van der Waals surface area contributed by atoms with E-state index >= 15 is 0 Å². The van der Waals surface area contributed by atoms with Gasteiger partial charge in [-0.05, 0) is 12.1 Å². The molecular weight excluding hydrogens is 140 g/mol. The number of aliphatic hydroxyl groups is 1. The highest BCUT2D eigenvalue weighted by atomic mass is 16.3. The molecule has 0 aliphatic rings. The molecular formula is C8H12N2O. The van der Waals surface area contributed by atoms with Crippen LogP contribution in [-0.2, 0) is 0 Å². The highest BCUT2D eigenvalue weighted by Crippen LogP contribution is 2.04. The Morgan fingerprint density at radius 3 is 2.55 bits per heavy atom. The summed E-state index contributed by atoms with van der Waals surface area (Å²) in [4.78, 5) is 0. The maximum Gasteiger partial charge on any atom is 0.136 e. The molecule has 4 N–H and O–H groups in total. The number of nitrogens with one attached hydrogen (secondary N) is 1. The van der Waals surface area contributed by atoms with Crippen LogP contribution >= 0.6 is 0 Å². The molecule has 0 fully saturated rings. The van der Waals surface area contributed by atoms with Gasteiger partial charge in [0.25, 0.3) is 0 Å². The number of para-hydroxylation sites is 1. The third kappa shape index (κ3) is 2.57. The van der Waals surface area contributed by atoms with E-state index in [0.717, 1.165) is 5.69 Å². The Labute approximate surface area is 65.8 Å². The average Bonchev–Trinajstić information content (AvgIpc) is 2.06. The minimum atomic E-state index is -0.655. The molecule has 3 heteroatoms. The second-order valence-electron chi connectivity index (χ2n) is 2.26. The van der Waals surface area contributed by atoms with E-state index in [4.69, 9.17) is 10.8 Å². The number of rotatable bonds is 3. The molecule has 0 spiro atoms. The van der Waals surface area contributed by atoms with Crippen LogP contribution in [0.3, 0.4) is 0 Å². The van der Waals surface area contributed by atoms with E-state index in [2.05, 4.69) is 5.32 Å². The number of benzene rings is 1. The smallest absolute Gasteiger partial charge is 0.136 e. The largest absolute Gasteiger partial charge is 0.372 e. The second kappa shape index (κ2) is 3.95. The summed E-state index contributed by atoms with van der Waals surface area (Å²) < 4.78 is 0. The second-order valence-corrected chi connectivity index (χ2v) is 2.26. The molecule has 11 heavy (non-hydrogen) atoms. The van der Waals surface area contributed by atoms with Crippen molar-refractivity contribution in [2.45, 2.75) is 6.23 Å². The number of hydrogen-bond donors (Lipinski definition) is 3. The van der Waals surface area contributed by atoms with E-state index in [-0.39, 0.29) is 6.54 Å². The number of aliphatic hydroxyl groups excluding tert-OH is 1. The molecule has 0 aromatic heterocycles. The lowest BCUT2D eigenvalue weighted by atomic mass is 10.3. The van der Waals surface area contributed by atoms with Gasteiger partial charge in [0.2, 0.25) is 0 Å². The molecule has 0 aliphatic heterocycles. The standard InChI is InChI=1S/C8H12N2O/c9-6-8(11)10-7-4-2-1-3-5-7/h1-5,8,10-11H,6,9H2. The maximum atomic E-state index is 9.08. The quantitative estimate of drug-likeness (QED) is 0.549. The lowest BCUT2D eigenvalue weighted by Crippen LogP contribution is -2.27. The molecule has 1 aromatic carbocycles. The van der Waals surface area contributed by atoms with Crippen LogP contribution in [0.2, 0.25) is 0 Å². The molecule has 0 aliphatic carbocycles. The van der Waals surface area contributed by atoms with Crippen molar-refractivity contribution >= 4 is 5.69 Å². The van der Waals surface area contributed by atoms with E-state index in [1.165, 1.54) is 0 Å². The zero-order valence-corrected chi connectivity index (χ0v) is 6.20. The van der Waals surface area contributed by atoms with E-state index in [9.17, 15) is 0 Å². The van der Waals surface area contributed by atoms with Crippen molar-refractivity contribution in [3.05, 3.63) is 30.3 Å². The highest BCUT2D eigenvalue weighted by Gasteiger charge is 1.97. The molecule has 1 unspecified atom stereocenters. The predicted octanol–water partition coefficient (Wildman–Crippen LogP) is 0.376. The Bertz CT molecular complexity index is 201. The topological polar surface area (TPSA) is 58.3 Å². The summed E-state index contributed by atoms with van der Waals surface area (Å²) in [6.45, 7) is 0.217. The monoisotopic (exact) mass is 152 g/mol. The van der Waals surface area contributed by atoms with Gasteiger partial charge < -0.3 is 16.2 Å². The Morgan fingerprint density at radius 1 is 1.36 bits per heavy atom. The average molecular weight is 152 g/mol. The van der Waals surface area contributed by atoms with Gasteiger partial charge in [0.05, 0.1) is 0 Å². The van der Waals surface area contributed by atoms with Crippen LogP contribution in [0, 0.1) is 0 Å². The van der Waals surface area contributed by atoms with Crippen molar-refractivity contribution < 1.29 is 5.11 Å². The minimum absolute atomic E-state index is 0.217. The molecule has 1 atom stereocenters. The molecule has 1 rings (SSSR count). The van der Waals surface area contributed by atoms with Gasteiger partial charge in [-0.2, -0.15) is 0 Å². The summed E-state index contributed by atoms with van der Waals surface area (Å²) in [7, 11) is 0. The van der Waals surface area contributed by atoms with Gasteiger partial charge in [-0.3, -0.25) is 0 Å². The van der Waals surface area contributed by atoms with Crippen LogP contribution in [0.15, 0.2) is 30.3 Å². The van der Waals surface area contributed by atoms with Crippen LogP contribution in [0.4, 0.5) is 5.69 Å². The zero-order chi connectivity index (χ0) is 8.10. The van der Waals surface area contributed by atoms with Gasteiger partial charge in [0.15, 0.2) is 0 Å². The van der Waals surface area contributed by atoms with Crippen molar-refractivity contribution in [3.8, 4) is 0 Å². The van der Waals surface area contributed by atoms with Crippen LogP contribution in [-0.4, -0.2) is 17.9 Å². The predicted molar refractivity (Wildman–Crippen MR) is 45.1 cm³/mol. The lowest BCUT2D eigenvalue weighted by Gasteiger charge is -2.10. The normalized spacial score (nSPS) is 12.5. The van der Waals surface area contributed by atoms with Gasteiger partial charge in [-0.25, -0.2) is 0 Å². The Morgan fingerprint density at radius 2 is 2.00 bits per heavy atom. The van der Waals surface area contributed by atoms with E-state index in [0.29, 0.717) is 0 Å². The van der Waals surface area contributed by atoms with Crippen LogP contribution in [0.1, 0.15) is 0 Å². The Kier molecular flexibility index (Phi) is 2.89. The molecule has 60 valence electrons. The summed E-state index contributed by atoms with van der Waals surface area (Å²) >= 11 is 0. The first-order valence-electron chi connectivity index (χ1n) is 3.52. The van der Waals surface area contributed by atoms with Gasteiger partial charge in [0.1, 0.15) is 6.23 Å². The number of hydrogen-bond acceptors (Lipinski definition) is 3. The minimum Gasteiger partial charge on any atom is -0.372 e. The van der Waals surface area contributed by atoms with Crippen molar-refractivity contribution in [2.24, 2.45) is 5.73 Å². The first kappa shape index (κ1) is 8.04. The molecule has 3 nitrogen and oxygen atoms in total.